The first kappa shape index (κ1) is 17.1. The molecule has 138 valence electrons. The third kappa shape index (κ3) is 3.49. The van der Waals surface area contributed by atoms with Gasteiger partial charge in [0.15, 0.2) is 5.82 Å². The molecule has 7 heteroatoms. The van der Waals surface area contributed by atoms with Crippen LogP contribution in [0.15, 0.2) is 24.3 Å². The van der Waals surface area contributed by atoms with E-state index in [9.17, 15) is 9.18 Å². The van der Waals surface area contributed by atoms with Gasteiger partial charge in [0.25, 0.3) is 0 Å². The molecule has 1 fully saturated rings. The maximum Gasteiger partial charge on any atom is 0.219 e. The summed E-state index contributed by atoms with van der Waals surface area (Å²) in [4.78, 5) is 15.8. The standard InChI is InChI=1S/C19H24FN5O/c1-14(26)24-10-11-25-18(13-24)21-22-19(25)16-6-8-23(9-7-16)12-15-2-4-17(20)5-3-15/h2-5,16H,6-13H2,1H3. The third-order valence-corrected chi connectivity index (χ3v) is 5.50. The van der Waals surface area contributed by atoms with Gasteiger partial charge in [0.2, 0.25) is 5.91 Å². The van der Waals surface area contributed by atoms with E-state index < -0.39 is 0 Å². The summed E-state index contributed by atoms with van der Waals surface area (Å²) in [6, 6.07) is 6.76. The molecule has 0 N–H and O–H groups in total. The molecule has 6 nitrogen and oxygen atoms in total. The lowest BCUT2D eigenvalue weighted by molar-refractivity contribution is -0.130. The summed E-state index contributed by atoms with van der Waals surface area (Å²) in [5.41, 5.74) is 1.15. The van der Waals surface area contributed by atoms with E-state index >= 15 is 0 Å². The van der Waals surface area contributed by atoms with E-state index in [1.54, 1.807) is 6.92 Å². The van der Waals surface area contributed by atoms with Gasteiger partial charge in [0, 0.05) is 32.5 Å². The number of piperidine rings is 1. The highest BCUT2D eigenvalue weighted by atomic mass is 19.1. The maximum atomic E-state index is 13.0. The highest BCUT2D eigenvalue weighted by molar-refractivity contribution is 5.73. The molecule has 3 heterocycles. The Kier molecular flexibility index (Phi) is 4.72. The van der Waals surface area contributed by atoms with Crippen molar-refractivity contribution in [3.8, 4) is 0 Å². The van der Waals surface area contributed by atoms with Gasteiger partial charge in [-0.3, -0.25) is 9.69 Å². The first-order valence-electron chi connectivity index (χ1n) is 9.24. The monoisotopic (exact) mass is 357 g/mol. The smallest absolute Gasteiger partial charge is 0.219 e. The SMILES string of the molecule is CC(=O)N1CCn2c(nnc2C2CCN(Cc3ccc(F)cc3)CC2)C1. The Morgan fingerprint density at radius 3 is 2.54 bits per heavy atom. The van der Waals surface area contributed by atoms with Gasteiger partial charge < -0.3 is 9.47 Å². The average molecular weight is 357 g/mol. The predicted octanol–water partition coefficient (Wildman–Crippen LogP) is 2.16. The van der Waals surface area contributed by atoms with Crippen LogP contribution < -0.4 is 0 Å². The summed E-state index contributed by atoms with van der Waals surface area (Å²) >= 11 is 0. The molecule has 2 aromatic rings. The molecule has 2 aliphatic heterocycles. The van der Waals surface area contributed by atoms with Crippen molar-refractivity contribution in [3.63, 3.8) is 0 Å². The van der Waals surface area contributed by atoms with Gasteiger partial charge >= 0.3 is 0 Å². The third-order valence-electron chi connectivity index (χ3n) is 5.50. The Morgan fingerprint density at radius 2 is 1.85 bits per heavy atom. The van der Waals surface area contributed by atoms with Crippen LogP contribution in [0.3, 0.4) is 0 Å². The first-order chi connectivity index (χ1) is 12.6. The zero-order valence-electron chi connectivity index (χ0n) is 15.1. The van der Waals surface area contributed by atoms with Gasteiger partial charge in [-0.25, -0.2) is 4.39 Å². The highest BCUT2D eigenvalue weighted by Crippen LogP contribution is 2.29. The molecule has 26 heavy (non-hydrogen) atoms. The van der Waals surface area contributed by atoms with Gasteiger partial charge in [0.1, 0.15) is 11.6 Å². The number of fused-ring (bicyclic) bond motifs is 1. The van der Waals surface area contributed by atoms with Gasteiger partial charge in [-0.1, -0.05) is 12.1 Å². The Balaban J connectivity index is 1.37. The van der Waals surface area contributed by atoms with E-state index in [2.05, 4.69) is 19.7 Å². The second-order valence-corrected chi connectivity index (χ2v) is 7.24. The van der Waals surface area contributed by atoms with E-state index in [-0.39, 0.29) is 11.7 Å². The summed E-state index contributed by atoms with van der Waals surface area (Å²) in [5, 5.41) is 8.78. The van der Waals surface area contributed by atoms with Gasteiger partial charge in [-0.2, -0.15) is 0 Å². The normalized spacial score (nSPS) is 18.8. The molecule has 0 atom stereocenters. The van der Waals surface area contributed by atoms with Crippen LogP contribution in [0.1, 0.15) is 42.9 Å². The van der Waals surface area contributed by atoms with Crippen molar-refractivity contribution in [2.75, 3.05) is 19.6 Å². The number of amides is 1. The molecule has 0 bridgehead atoms. The summed E-state index contributed by atoms with van der Waals surface area (Å²) in [7, 11) is 0. The lowest BCUT2D eigenvalue weighted by atomic mass is 9.95. The minimum atomic E-state index is -0.188. The zero-order valence-corrected chi connectivity index (χ0v) is 15.1. The van der Waals surface area contributed by atoms with Crippen LogP contribution in [0.5, 0.6) is 0 Å². The number of carbonyl (C=O) groups is 1. The molecule has 1 saturated heterocycles. The lowest BCUT2D eigenvalue weighted by Crippen LogP contribution is -2.38. The van der Waals surface area contributed by atoms with Gasteiger partial charge in [-0.15, -0.1) is 10.2 Å². The van der Waals surface area contributed by atoms with Crippen LogP contribution >= 0.6 is 0 Å². The van der Waals surface area contributed by atoms with Crippen molar-refractivity contribution in [1.82, 2.24) is 24.6 Å². The molecule has 1 aromatic carbocycles. The number of benzene rings is 1. The number of hydrogen-bond donors (Lipinski definition) is 0. The number of aromatic nitrogens is 3. The van der Waals surface area contributed by atoms with Crippen LogP contribution in [-0.2, 0) is 24.4 Å². The van der Waals surface area contributed by atoms with Crippen molar-refractivity contribution in [2.45, 2.75) is 45.3 Å². The molecular weight excluding hydrogens is 333 g/mol. The zero-order chi connectivity index (χ0) is 18.1. The van der Waals surface area contributed by atoms with Crippen molar-refractivity contribution < 1.29 is 9.18 Å². The van der Waals surface area contributed by atoms with E-state index in [0.29, 0.717) is 12.5 Å². The molecule has 1 aromatic heterocycles. The van der Waals surface area contributed by atoms with Gasteiger partial charge in [-0.05, 0) is 43.6 Å². The molecule has 0 aliphatic carbocycles. The van der Waals surface area contributed by atoms with Crippen molar-refractivity contribution in [3.05, 3.63) is 47.3 Å². The average Bonchev–Trinajstić information content (AvgIpc) is 3.07. The van der Waals surface area contributed by atoms with E-state index in [1.165, 1.54) is 12.1 Å². The fraction of sp³-hybridized carbons (Fsp3) is 0.526. The van der Waals surface area contributed by atoms with Crippen molar-refractivity contribution in [2.24, 2.45) is 0 Å². The number of hydrogen-bond acceptors (Lipinski definition) is 4. The Labute approximate surface area is 152 Å². The molecule has 4 rings (SSSR count). The second-order valence-electron chi connectivity index (χ2n) is 7.24. The molecule has 0 saturated carbocycles. The number of nitrogens with zero attached hydrogens (tertiary/aromatic N) is 5. The van der Waals surface area contributed by atoms with Crippen LogP contribution in [0.25, 0.3) is 0 Å². The van der Waals surface area contributed by atoms with Gasteiger partial charge in [0.05, 0.1) is 6.54 Å². The summed E-state index contributed by atoms with van der Waals surface area (Å²) < 4.78 is 15.2. The molecule has 0 radical (unpaired) electrons. The molecular formula is C19H24FN5O. The highest BCUT2D eigenvalue weighted by Gasteiger charge is 2.29. The minimum absolute atomic E-state index is 0.0925. The summed E-state index contributed by atoms with van der Waals surface area (Å²) in [6.45, 7) is 6.55. The fourth-order valence-corrected chi connectivity index (χ4v) is 3.95. The van der Waals surface area contributed by atoms with Crippen LogP contribution in [0.2, 0.25) is 0 Å². The van der Waals surface area contributed by atoms with Crippen molar-refractivity contribution >= 4 is 5.91 Å². The van der Waals surface area contributed by atoms with E-state index in [0.717, 1.165) is 62.8 Å². The summed E-state index contributed by atoms with van der Waals surface area (Å²) in [6.07, 6.45) is 2.10. The number of halogens is 1. The first-order valence-corrected chi connectivity index (χ1v) is 9.24. The fourth-order valence-electron chi connectivity index (χ4n) is 3.95. The molecule has 2 aliphatic rings. The van der Waals surface area contributed by atoms with Crippen LogP contribution in [0.4, 0.5) is 4.39 Å². The van der Waals surface area contributed by atoms with Crippen LogP contribution in [0, 0.1) is 5.82 Å². The Bertz CT molecular complexity index is 780. The predicted molar refractivity (Wildman–Crippen MR) is 94.8 cm³/mol. The summed E-state index contributed by atoms with van der Waals surface area (Å²) in [5.74, 6) is 2.30. The maximum absolute atomic E-state index is 13.0. The lowest BCUT2D eigenvalue weighted by Gasteiger charge is -2.33. The molecule has 1 amide bonds. The Hall–Kier alpha value is -2.28. The molecule has 0 spiro atoms. The van der Waals surface area contributed by atoms with Crippen molar-refractivity contribution in [1.29, 1.82) is 0 Å². The number of carbonyl (C=O) groups excluding carboxylic acids is 1. The quantitative estimate of drug-likeness (QED) is 0.845. The van der Waals surface area contributed by atoms with Crippen LogP contribution in [-0.4, -0.2) is 50.1 Å². The number of likely N-dealkylation sites (tertiary alicyclic amines) is 1. The topological polar surface area (TPSA) is 54.3 Å². The second kappa shape index (κ2) is 7.15. The molecule has 0 unspecified atom stereocenters. The number of rotatable bonds is 3. The Morgan fingerprint density at radius 1 is 1.12 bits per heavy atom. The van der Waals surface area contributed by atoms with E-state index in [4.69, 9.17) is 0 Å². The minimum Gasteiger partial charge on any atom is -0.334 e. The van der Waals surface area contributed by atoms with E-state index in [1.807, 2.05) is 17.0 Å². The largest absolute Gasteiger partial charge is 0.334 e.